The molecule has 2 saturated heterocycles. The van der Waals surface area contributed by atoms with Gasteiger partial charge in [-0.05, 0) is 44.1 Å². The van der Waals surface area contributed by atoms with Gasteiger partial charge in [0.1, 0.15) is 28.7 Å². The van der Waals surface area contributed by atoms with Gasteiger partial charge in [-0.1, -0.05) is 44.0 Å². The van der Waals surface area contributed by atoms with Gasteiger partial charge < -0.3 is 23.4 Å². The van der Waals surface area contributed by atoms with Crippen molar-refractivity contribution < 1.29 is 28.2 Å². The molecule has 2 aliphatic heterocycles. The summed E-state index contributed by atoms with van der Waals surface area (Å²) in [5.74, 6) is -3.20. The first kappa shape index (κ1) is 25.9. The fourth-order valence-corrected chi connectivity index (χ4v) is 5.71. The lowest BCUT2D eigenvalue weighted by molar-refractivity contribution is -0.292. The summed E-state index contributed by atoms with van der Waals surface area (Å²) in [5.41, 5.74) is 0.877. The number of imidazole rings is 1. The van der Waals surface area contributed by atoms with E-state index in [-0.39, 0.29) is 16.8 Å². The standard InChI is InChI=1S/C23H32Cl2N2O6Si/c1-13(28)30-23(19-14(24)9-10-17-26-16(25)11-27(17)19)20-18(32-22(5,6)33-20)15(31-23)12-29-34(7,8)21(2,3)4/h9-11,15,18,20H,12H2,1-8H3/t15-,18-,20-,23+/m1/s1. The zero-order valence-corrected chi connectivity index (χ0v) is 23.3. The molecule has 4 heterocycles. The van der Waals surface area contributed by atoms with E-state index < -0.39 is 44.2 Å². The Kier molecular flexibility index (Phi) is 6.42. The highest BCUT2D eigenvalue weighted by molar-refractivity contribution is 6.74. The van der Waals surface area contributed by atoms with Crippen LogP contribution in [0, 0.1) is 0 Å². The number of esters is 1. The lowest BCUT2D eigenvalue weighted by Crippen LogP contribution is -2.46. The van der Waals surface area contributed by atoms with Crippen molar-refractivity contribution in [1.29, 1.82) is 0 Å². The first-order valence-electron chi connectivity index (χ1n) is 11.3. The normalized spacial score (nSPS) is 28.9. The third kappa shape index (κ3) is 4.40. The molecule has 0 saturated carbocycles. The minimum Gasteiger partial charge on any atom is -0.424 e. The molecule has 2 aromatic rings. The number of hydrogen-bond acceptors (Lipinski definition) is 7. The van der Waals surface area contributed by atoms with E-state index in [1.54, 1.807) is 22.7 Å². The summed E-state index contributed by atoms with van der Waals surface area (Å²) in [7, 11) is -2.10. The van der Waals surface area contributed by atoms with Crippen molar-refractivity contribution in [2.45, 2.75) is 89.6 Å². The Bertz CT molecular complexity index is 1110. The van der Waals surface area contributed by atoms with Gasteiger partial charge in [0.2, 0.25) is 0 Å². The fourth-order valence-electron chi connectivity index (χ4n) is 4.22. The maximum atomic E-state index is 12.4. The van der Waals surface area contributed by atoms with Crippen molar-refractivity contribution in [2.24, 2.45) is 0 Å². The lowest BCUT2D eigenvalue weighted by Gasteiger charge is -2.38. The van der Waals surface area contributed by atoms with Gasteiger partial charge in [0.05, 0.1) is 11.6 Å². The molecule has 0 amide bonds. The summed E-state index contributed by atoms with van der Waals surface area (Å²) in [5, 5.41) is 0.575. The van der Waals surface area contributed by atoms with Crippen LogP contribution in [0.3, 0.4) is 0 Å². The van der Waals surface area contributed by atoms with Crippen molar-refractivity contribution in [2.75, 3.05) is 6.61 Å². The van der Waals surface area contributed by atoms with Gasteiger partial charge in [0.15, 0.2) is 20.2 Å². The number of carbonyl (C=O) groups is 1. The second-order valence-corrected chi connectivity index (χ2v) is 16.4. The Morgan fingerprint density at radius 2 is 1.88 bits per heavy atom. The summed E-state index contributed by atoms with van der Waals surface area (Å²) in [6.07, 6.45) is -0.346. The van der Waals surface area contributed by atoms with E-state index in [0.717, 1.165) is 0 Å². The summed E-state index contributed by atoms with van der Waals surface area (Å²) < 4.78 is 33.2. The van der Waals surface area contributed by atoms with E-state index in [4.69, 9.17) is 46.6 Å². The average molecular weight is 532 g/mol. The molecule has 0 bridgehead atoms. The number of rotatable bonds is 5. The summed E-state index contributed by atoms with van der Waals surface area (Å²) in [6.45, 7) is 16.0. The molecule has 2 aliphatic rings. The molecule has 2 fully saturated rings. The Morgan fingerprint density at radius 1 is 1.21 bits per heavy atom. The quantitative estimate of drug-likeness (QED) is 0.383. The van der Waals surface area contributed by atoms with Crippen LogP contribution in [-0.4, -0.2) is 54.4 Å². The molecule has 0 aromatic carbocycles. The smallest absolute Gasteiger partial charge is 0.305 e. The van der Waals surface area contributed by atoms with Crippen LogP contribution in [0.25, 0.3) is 5.65 Å². The van der Waals surface area contributed by atoms with Crippen molar-refractivity contribution in [3.63, 3.8) is 0 Å². The van der Waals surface area contributed by atoms with E-state index in [9.17, 15) is 4.79 Å². The van der Waals surface area contributed by atoms with E-state index >= 15 is 0 Å². The molecule has 0 radical (unpaired) electrons. The van der Waals surface area contributed by atoms with Crippen LogP contribution in [0.15, 0.2) is 18.3 Å². The molecule has 188 valence electrons. The van der Waals surface area contributed by atoms with Crippen molar-refractivity contribution in [1.82, 2.24) is 9.38 Å². The number of nitrogens with zero attached hydrogens (tertiary/aromatic N) is 2. The maximum Gasteiger partial charge on any atom is 0.305 e. The van der Waals surface area contributed by atoms with Gasteiger partial charge in [0, 0.05) is 13.1 Å². The molecule has 8 nitrogen and oxygen atoms in total. The van der Waals surface area contributed by atoms with Crippen LogP contribution < -0.4 is 0 Å². The predicted molar refractivity (Wildman–Crippen MR) is 131 cm³/mol. The minimum atomic E-state index is -2.10. The number of hydrogen-bond donors (Lipinski definition) is 0. The minimum absolute atomic E-state index is 0.00669. The third-order valence-electron chi connectivity index (χ3n) is 6.79. The zero-order valence-electron chi connectivity index (χ0n) is 20.8. The summed E-state index contributed by atoms with van der Waals surface area (Å²) in [4.78, 5) is 16.7. The van der Waals surface area contributed by atoms with E-state index in [1.165, 1.54) is 6.92 Å². The highest BCUT2D eigenvalue weighted by atomic mass is 35.5. The highest BCUT2D eigenvalue weighted by Gasteiger charge is 2.67. The predicted octanol–water partition coefficient (Wildman–Crippen LogP) is 5.30. The van der Waals surface area contributed by atoms with Gasteiger partial charge in [0.25, 0.3) is 5.79 Å². The van der Waals surface area contributed by atoms with Gasteiger partial charge in [-0.3, -0.25) is 9.20 Å². The Hall–Kier alpha value is -1.20. The topological polar surface area (TPSA) is 80.5 Å². The van der Waals surface area contributed by atoms with Crippen LogP contribution in [-0.2, 0) is 34.0 Å². The van der Waals surface area contributed by atoms with E-state index in [1.807, 2.05) is 13.8 Å². The SMILES string of the molecule is CC(=O)O[C@@]1(c2c(Cl)ccc3nc(Cl)cn23)O[C@H](CO[Si](C)(C)C(C)(C)C)[C@H]2OC(C)(C)O[C@H]21. The monoisotopic (exact) mass is 530 g/mol. The fraction of sp³-hybridized carbons (Fsp3) is 0.652. The number of ether oxygens (including phenoxy) is 4. The Balaban J connectivity index is 1.83. The van der Waals surface area contributed by atoms with Crippen LogP contribution >= 0.6 is 23.2 Å². The molecule has 0 N–H and O–H groups in total. The first-order valence-corrected chi connectivity index (χ1v) is 14.9. The summed E-state index contributed by atoms with van der Waals surface area (Å²) >= 11 is 12.9. The lowest BCUT2D eigenvalue weighted by atomic mass is 10.0. The highest BCUT2D eigenvalue weighted by Crippen LogP contribution is 2.52. The van der Waals surface area contributed by atoms with E-state index in [2.05, 4.69) is 38.8 Å². The molecule has 0 spiro atoms. The summed E-state index contributed by atoms with van der Waals surface area (Å²) in [6, 6.07) is 3.39. The number of halogens is 2. The number of carbonyl (C=O) groups excluding carboxylic acids is 1. The van der Waals surface area contributed by atoms with Crippen LogP contribution in [0.1, 0.15) is 47.2 Å². The second kappa shape index (κ2) is 8.43. The molecule has 0 aliphatic carbocycles. The maximum absolute atomic E-state index is 12.4. The van der Waals surface area contributed by atoms with Crippen molar-refractivity contribution in [3.8, 4) is 0 Å². The van der Waals surface area contributed by atoms with Gasteiger partial charge in [-0.15, -0.1) is 0 Å². The number of aromatic nitrogens is 2. The zero-order chi connectivity index (χ0) is 25.3. The van der Waals surface area contributed by atoms with Gasteiger partial charge in [-0.2, -0.15) is 0 Å². The average Bonchev–Trinajstić information content (AvgIpc) is 3.28. The third-order valence-corrected chi connectivity index (χ3v) is 11.8. The molecule has 34 heavy (non-hydrogen) atoms. The molecular weight excluding hydrogens is 499 g/mol. The molecular formula is C23H32Cl2N2O6Si. The van der Waals surface area contributed by atoms with Gasteiger partial charge in [-0.25, -0.2) is 4.98 Å². The largest absolute Gasteiger partial charge is 0.424 e. The second-order valence-electron chi connectivity index (χ2n) is 10.8. The van der Waals surface area contributed by atoms with Crippen LogP contribution in [0.4, 0.5) is 0 Å². The first-order chi connectivity index (χ1) is 15.6. The van der Waals surface area contributed by atoms with Crippen molar-refractivity contribution >= 4 is 43.1 Å². The molecule has 2 aromatic heterocycles. The molecule has 4 atom stereocenters. The van der Waals surface area contributed by atoms with Crippen LogP contribution in [0.5, 0.6) is 0 Å². The molecule has 0 unspecified atom stereocenters. The molecule has 4 rings (SSSR count). The van der Waals surface area contributed by atoms with Crippen LogP contribution in [0.2, 0.25) is 28.3 Å². The van der Waals surface area contributed by atoms with E-state index in [0.29, 0.717) is 16.4 Å². The van der Waals surface area contributed by atoms with Crippen molar-refractivity contribution in [3.05, 3.63) is 34.2 Å². The Labute approximate surface area is 210 Å². The number of pyridine rings is 1. The molecule has 11 heteroatoms. The Morgan fingerprint density at radius 3 is 2.50 bits per heavy atom. The number of fused-ring (bicyclic) bond motifs is 2. The van der Waals surface area contributed by atoms with Gasteiger partial charge >= 0.3 is 5.97 Å².